The van der Waals surface area contributed by atoms with Crippen molar-refractivity contribution in [1.82, 2.24) is 0 Å². The van der Waals surface area contributed by atoms with Gasteiger partial charge in [-0.05, 0) is 0 Å². The fourth-order valence-corrected chi connectivity index (χ4v) is 13.4. The predicted octanol–water partition coefficient (Wildman–Crippen LogP) is 11.9. The van der Waals surface area contributed by atoms with Gasteiger partial charge in [0.05, 0.1) is 0 Å². The van der Waals surface area contributed by atoms with Crippen molar-refractivity contribution in [2.24, 2.45) is 0 Å². The Hall–Kier alpha value is -2.54. The molecule has 0 spiro atoms. The van der Waals surface area contributed by atoms with E-state index < -0.39 is 5.92 Å². The Labute approximate surface area is 282 Å². The average Bonchev–Trinajstić information content (AvgIpc) is 3.57. The van der Waals surface area contributed by atoms with E-state index in [1.165, 1.54) is 95.1 Å². The van der Waals surface area contributed by atoms with Crippen LogP contribution in [0.25, 0.3) is 34.4 Å². The zero-order valence-corrected chi connectivity index (χ0v) is 30.7. The number of unbranched alkanes of at least 4 members (excludes halogenated alkanes) is 2. The first-order valence-electron chi connectivity index (χ1n) is 17.0. The number of benzene rings is 4. The van der Waals surface area contributed by atoms with Crippen molar-refractivity contribution in [1.29, 1.82) is 0 Å². The van der Waals surface area contributed by atoms with Crippen LogP contribution in [0.15, 0.2) is 96.1 Å². The van der Waals surface area contributed by atoms with Gasteiger partial charge in [0, 0.05) is 0 Å². The summed E-state index contributed by atoms with van der Waals surface area (Å²) in [6.45, 7) is 9.04. The van der Waals surface area contributed by atoms with E-state index in [0.29, 0.717) is 11.8 Å². The molecule has 0 saturated heterocycles. The summed E-state index contributed by atoms with van der Waals surface area (Å²) in [5, 5.41) is 0. The van der Waals surface area contributed by atoms with Crippen LogP contribution >= 0.6 is 0 Å². The molecule has 0 saturated carbocycles. The number of aryl methyl sites for hydroxylation is 2. The Morgan fingerprint density at radius 3 is 1.36 bits per heavy atom. The second-order valence-electron chi connectivity index (χ2n) is 13.3. The van der Waals surface area contributed by atoms with E-state index in [4.69, 9.17) is 0 Å². The second kappa shape index (κ2) is 14.3. The van der Waals surface area contributed by atoms with Gasteiger partial charge in [-0.25, -0.2) is 0 Å². The fraction of sp³-hybridized carbons (Fsp3) is 0.333. The number of rotatable bonds is 12. The molecule has 2 aliphatic carbocycles. The summed E-state index contributed by atoms with van der Waals surface area (Å²) >= 11 is 1.82. The predicted molar refractivity (Wildman–Crippen MR) is 190 cm³/mol. The van der Waals surface area contributed by atoms with Crippen LogP contribution in [0.3, 0.4) is 0 Å². The van der Waals surface area contributed by atoms with Gasteiger partial charge in [0.2, 0.25) is 0 Å². The van der Waals surface area contributed by atoms with E-state index in [2.05, 4.69) is 125 Å². The first-order chi connectivity index (χ1) is 21.5. The molecule has 2 atom stereocenters. The van der Waals surface area contributed by atoms with E-state index in [9.17, 15) is 0 Å². The fourth-order valence-electron chi connectivity index (χ4n) is 7.51. The van der Waals surface area contributed by atoms with Crippen molar-refractivity contribution < 1.29 is 23.9 Å². The third kappa shape index (κ3) is 6.68. The van der Waals surface area contributed by atoms with Gasteiger partial charge in [-0.1, -0.05) is 0 Å². The maximum atomic E-state index is 2.60. The number of hydrogen-bond acceptors (Lipinski definition) is 0. The molecule has 6 rings (SSSR count). The van der Waals surface area contributed by atoms with Crippen LogP contribution in [-0.4, -0.2) is 5.92 Å². The number of hydrogen-bond donors (Lipinski definition) is 0. The van der Waals surface area contributed by atoms with Gasteiger partial charge in [0.1, 0.15) is 0 Å². The Morgan fingerprint density at radius 2 is 0.977 bits per heavy atom. The molecule has 0 fully saturated rings. The summed E-state index contributed by atoms with van der Waals surface area (Å²) in [6, 6.07) is 35.3. The Bertz CT molecular complexity index is 1530. The molecule has 2 unspecified atom stereocenters. The standard InChI is InChI=1S/C42H47Si.Zr/c1-5-7-11-33-25-39-35(31-21-17-29(3)18-22-31)13-9-15-37(39)41(33)27-43-28-42-34(12-8-6-2)26-40-36(14-10-16-38(40)42)32-23-19-30(4)20-24-32;/h9-10,13-26,41-43H,5-8,11-12,27-28H2,1-4H3;. The van der Waals surface area contributed by atoms with Crippen molar-refractivity contribution >= 4 is 18.1 Å². The molecule has 2 aliphatic rings. The number of fused-ring (bicyclic) bond motifs is 2. The maximum absolute atomic E-state index is 2.60. The summed E-state index contributed by atoms with van der Waals surface area (Å²) in [6.07, 6.45) is 12.8. The van der Waals surface area contributed by atoms with Crippen molar-refractivity contribution in [3.8, 4) is 22.3 Å². The van der Waals surface area contributed by atoms with Crippen molar-refractivity contribution in [3.05, 3.63) is 129 Å². The molecule has 223 valence electrons. The minimum absolute atomic E-state index is 0.612. The molecule has 4 aromatic carbocycles. The van der Waals surface area contributed by atoms with Crippen LogP contribution < -0.4 is 0 Å². The molecule has 0 N–H and O–H groups in total. The molecule has 0 heterocycles. The summed E-state index contributed by atoms with van der Waals surface area (Å²) < 4.78 is 0. The van der Waals surface area contributed by atoms with Gasteiger partial charge in [-0.15, -0.1) is 0 Å². The van der Waals surface area contributed by atoms with Crippen LogP contribution in [0.5, 0.6) is 0 Å². The SMILES string of the molecule is CCCCC1=Cc2c(-c3ccc(C)cc3)cccc2C1C[SiH]([Zr])CC1C(CCCC)=Cc2c(-c3ccc(C)cc3)cccc21. The molecule has 0 bridgehead atoms. The van der Waals surface area contributed by atoms with E-state index in [1.54, 1.807) is 22.3 Å². The van der Waals surface area contributed by atoms with E-state index in [0.717, 1.165) is 0 Å². The monoisotopic (exact) mass is 669 g/mol. The van der Waals surface area contributed by atoms with Crippen molar-refractivity contribution in [2.75, 3.05) is 0 Å². The topological polar surface area (TPSA) is 0 Å². The Morgan fingerprint density at radius 1 is 0.568 bits per heavy atom. The quantitative estimate of drug-likeness (QED) is 0.132. The average molecular weight is 671 g/mol. The molecule has 0 aromatic heterocycles. The molecule has 2 heteroatoms. The van der Waals surface area contributed by atoms with E-state index in [-0.39, 0.29) is 0 Å². The van der Waals surface area contributed by atoms with Crippen LogP contribution in [0.4, 0.5) is 0 Å². The molecular weight excluding hydrogens is 624 g/mol. The molecular formula is C42H47SiZr. The van der Waals surface area contributed by atoms with Gasteiger partial charge in [-0.3, -0.25) is 0 Å². The van der Waals surface area contributed by atoms with E-state index >= 15 is 0 Å². The summed E-state index contributed by atoms with van der Waals surface area (Å²) in [4.78, 5) is 0. The van der Waals surface area contributed by atoms with Crippen LogP contribution in [0, 0.1) is 13.8 Å². The molecule has 4 aromatic rings. The molecule has 44 heavy (non-hydrogen) atoms. The minimum atomic E-state index is -0.955. The zero-order valence-electron chi connectivity index (χ0n) is 27.1. The first-order valence-corrected chi connectivity index (χ1v) is 23.5. The van der Waals surface area contributed by atoms with Crippen LogP contribution in [0.1, 0.15) is 97.6 Å². The Balaban J connectivity index is 1.29. The van der Waals surface area contributed by atoms with Crippen molar-refractivity contribution in [3.63, 3.8) is 0 Å². The molecule has 0 nitrogen and oxygen atoms in total. The number of allylic oxidation sites excluding steroid dienone is 2. The third-order valence-electron chi connectivity index (χ3n) is 9.99. The summed E-state index contributed by atoms with van der Waals surface area (Å²) in [7, 11) is 0. The summed E-state index contributed by atoms with van der Waals surface area (Å²) in [5.41, 5.74) is 17.8. The molecule has 0 radical (unpaired) electrons. The van der Waals surface area contributed by atoms with Gasteiger partial charge in [0.25, 0.3) is 0 Å². The van der Waals surface area contributed by atoms with Crippen LogP contribution in [0.2, 0.25) is 12.1 Å². The van der Waals surface area contributed by atoms with Crippen molar-refractivity contribution in [2.45, 2.75) is 90.1 Å². The summed E-state index contributed by atoms with van der Waals surface area (Å²) in [5.74, 6) is 0.269. The molecule has 0 aliphatic heterocycles. The zero-order chi connectivity index (χ0) is 30.6. The van der Waals surface area contributed by atoms with Gasteiger partial charge in [-0.2, -0.15) is 0 Å². The van der Waals surface area contributed by atoms with Crippen LogP contribution in [-0.2, 0) is 23.9 Å². The van der Waals surface area contributed by atoms with E-state index in [1.807, 2.05) is 23.9 Å². The second-order valence-corrected chi connectivity index (χ2v) is 21.6. The first kappa shape index (κ1) is 31.4. The molecule has 0 amide bonds. The van der Waals surface area contributed by atoms with Gasteiger partial charge in [0.15, 0.2) is 0 Å². The Kier molecular flexibility index (Phi) is 10.2. The van der Waals surface area contributed by atoms with Gasteiger partial charge >= 0.3 is 284 Å². The third-order valence-corrected chi connectivity index (χ3v) is 15.5. The normalized spacial score (nSPS) is 17.6. The van der Waals surface area contributed by atoms with Gasteiger partial charge < -0.3 is 0 Å².